The number of hydrogen-bond acceptors (Lipinski definition) is 6. The van der Waals surface area contributed by atoms with E-state index < -0.39 is 10.0 Å². The number of thiophene rings is 1. The molecule has 0 spiro atoms. The van der Waals surface area contributed by atoms with Gasteiger partial charge in [0.15, 0.2) is 0 Å². The number of nitrogens with two attached hydrogens (primary N) is 1. The third-order valence-electron chi connectivity index (χ3n) is 4.03. The van der Waals surface area contributed by atoms with Crippen LogP contribution in [0.5, 0.6) is 0 Å². The summed E-state index contributed by atoms with van der Waals surface area (Å²) in [6, 6.07) is 1.38. The van der Waals surface area contributed by atoms with Crippen molar-refractivity contribution in [1.29, 1.82) is 0 Å². The van der Waals surface area contributed by atoms with Gasteiger partial charge in [0.1, 0.15) is 4.21 Å². The van der Waals surface area contributed by atoms with Gasteiger partial charge in [-0.2, -0.15) is 0 Å². The Morgan fingerprint density at radius 2 is 2.12 bits per heavy atom. The summed E-state index contributed by atoms with van der Waals surface area (Å²) in [5.41, 5.74) is 0.329. The minimum Gasteiger partial charge on any atom is -0.349 e. The predicted octanol–water partition coefficient (Wildman–Crippen LogP) is 0.528. The van der Waals surface area contributed by atoms with Crippen molar-refractivity contribution < 1.29 is 13.2 Å². The lowest BCUT2D eigenvalue weighted by molar-refractivity contribution is 0.0931. The molecule has 0 aromatic carbocycles. The number of primary sulfonamides is 1. The first kappa shape index (κ1) is 16.9. The lowest BCUT2D eigenvalue weighted by Gasteiger charge is -2.32. The van der Waals surface area contributed by atoms with E-state index in [-0.39, 0.29) is 16.2 Å². The predicted molar refractivity (Wildman–Crippen MR) is 91.6 cm³/mol. The van der Waals surface area contributed by atoms with E-state index in [0.29, 0.717) is 5.56 Å². The molecule has 0 radical (unpaired) electrons. The number of hydrogen-bond donors (Lipinski definition) is 2. The summed E-state index contributed by atoms with van der Waals surface area (Å²) >= 11 is 0.954. The Morgan fingerprint density at radius 3 is 2.67 bits per heavy atom. The number of nitrogens with zero attached hydrogens (tertiary/aromatic N) is 3. The molecule has 8 nitrogen and oxygen atoms in total. The van der Waals surface area contributed by atoms with Crippen molar-refractivity contribution in [3.05, 3.63) is 29.4 Å². The zero-order chi connectivity index (χ0) is 17.3. The van der Waals surface area contributed by atoms with Crippen molar-refractivity contribution in [3.63, 3.8) is 0 Å². The molecule has 3 rings (SSSR count). The number of rotatable bonds is 4. The van der Waals surface area contributed by atoms with E-state index in [4.69, 9.17) is 5.14 Å². The second kappa shape index (κ2) is 6.54. The van der Waals surface area contributed by atoms with E-state index in [9.17, 15) is 13.2 Å². The van der Waals surface area contributed by atoms with Crippen LogP contribution in [0.3, 0.4) is 0 Å². The highest BCUT2D eigenvalue weighted by Gasteiger charge is 2.24. The fraction of sp³-hybridized carbons (Fsp3) is 0.429. The van der Waals surface area contributed by atoms with Crippen molar-refractivity contribution in [2.24, 2.45) is 12.2 Å². The molecule has 3 N–H and O–H groups in total. The van der Waals surface area contributed by atoms with Crippen molar-refractivity contribution in [3.8, 4) is 0 Å². The van der Waals surface area contributed by atoms with Crippen molar-refractivity contribution in [2.75, 3.05) is 18.0 Å². The van der Waals surface area contributed by atoms with Crippen LogP contribution >= 0.6 is 11.3 Å². The molecule has 0 aliphatic carbocycles. The first-order valence-electron chi connectivity index (χ1n) is 7.49. The van der Waals surface area contributed by atoms with Crippen LogP contribution < -0.4 is 15.4 Å². The van der Waals surface area contributed by atoms with Crippen molar-refractivity contribution in [1.82, 2.24) is 14.9 Å². The standard InChI is InChI=1S/C14H19N5O3S2/c1-18-7-4-16-14(18)19-5-2-11(3-6-19)17-13(20)10-8-12(23-9-10)24(15,21)22/h4,7-9,11H,2-3,5-6H2,1H3,(H,17,20)(H2,15,21,22). The molecule has 130 valence electrons. The monoisotopic (exact) mass is 369 g/mol. The largest absolute Gasteiger partial charge is 0.349 e. The number of carbonyl (C=O) groups is 1. The number of piperidine rings is 1. The van der Waals surface area contributed by atoms with Crippen molar-refractivity contribution >= 4 is 33.2 Å². The number of amides is 1. The van der Waals surface area contributed by atoms with Gasteiger partial charge in [0.05, 0.1) is 5.56 Å². The minimum atomic E-state index is -3.76. The second-order valence-corrected chi connectivity index (χ2v) is 8.47. The topological polar surface area (TPSA) is 110 Å². The number of carbonyl (C=O) groups excluding carboxylic acids is 1. The van der Waals surface area contributed by atoms with Gasteiger partial charge in [-0.1, -0.05) is 0 Å². The number of aryl methyl sites for hydroxylation is 1. The van der Waals surface area contributed by atoms with E-state index in [1.807, 2.05) is 17.8 Å². The number of imidazole rings is 1. The molecular formula is C14H19N5O3S2. The van der Waals surface area contributed by atoms with Gasteiger partial charge in [0, 0.05) is 44.0 Å². The van der Waals surface area contributed by atoms with Crippen LogP contribution in [0.15, 0.2) is 28.0 Å². The SMILES string of the molecule is Cn1ccnc1N1CCC(NC(=O)c2csc(S(N)(=O)=O)c2)CC1. The zero-order valence-electron chi connectivity index (χ0n) is 13.2. The van der Waals surface area contributed by atoms with E-state index in [0.717, 1.165) is 43.2 Å². The molecule has 2 aromatic rings. The van der Waals surface area contributed by atoms with Crippen LogP contribution in [-0.2, 0) is 17.1 Å². The molecular weight excluding hydrogens is 350 g/mol. The first-order valence-corrected chi connectivity index (χ1v) is 9.91. The summed E-state index contributed by atoms with van der Waals surface area (Å²) in [5, 5.41) is 9.54. The smallest absolute Gasteiger partial charge is 0.252 e. The Morgan fingerprint density at radius 1 is 1.42 bits per heavy atom. The Kier molecular flexibility index (Phi) is 4.61. The molecule has 3 heterocycles. The van der Waals surface area contributed by atoms with Crippen LogP contribution in [0.25, 0.3) is 0 Å². The average molecular weight is 369 g/mol. The summed E-state index contributed by atoms with van der Waals surface area (Å²) in [6.45, 7) is 1.61. The first-order chi connectivity index (χ1) is 11.3. The highest BCUT2D eigenvalue weighted by atomic mass is 32.2. The molecule has 24 heavy (non-hydrogen) atoms. The van der Waals surface area contributed by atoms with E-state index in [1.165, 1.54) is 11.4 Å². The second-order valence-electron chi connectivity index (χ2n) is 5.77. The molecule has 2 aromatic heterocycles. The summed E-state index contributed by atoms with van der Waals surface area (Å²) in [4.78, 5) is 18.8. The van der Waals surface area contributed by atoms with Crippen LogP contribution in [0.2, 0.25) is 0 Å². The van der Waals surface area contributed by atoms with E-state index in [1.54, 1.807) is 6.20 Å². The molecule has 1 saturated heterocycles. The molecule has 0 saturated carbocycles. The maximum atomic E-state index is 12.2. The maximum absolute atomic E-state index is 12.2. The molecule has 0 bridgehead atoms. The molecule has 1 aliphatic rings. The van der Waals surface area contributed by atoms with Gasteiger partial charge in [-0.15, -0.1) is 11.3 Å². The summed E-state index contributed by atoms with van der Waals surface area (Å²) in [5.74, 6) is 0.659. The zero-order valence-corrected chi connectivity index (χ0v) is 14.8. The number of aromatic nitrogens is 2. The molecule has 10 heteroatoms. The van der Waals surface area contributed by atoms with Gasteiger partial charge in [0.25, 0.3) is 5.91 Å². The van der Waals surface area contributed by atoms with E-state index >= 15 is 0 Å². The minimum absolute atomic E-state index is 0.00254. The van der Waals surface area contributed by atoms with Crippen LogP contribution in [0.4, 0.5) is 5.95 Å². The fourth-order valence-corrected chi connectivity index (χ4v) is 4.33. The number of anilines is 1. The van der Waals surface area contributed by atoms with Crippen LogP contribution in [-0.4, -0.2) is 43.0 Å². The lowest BCUT2D eigenvalue weighted by atomic mass is 10.0. The van der Waals surface area contributed by atoms with Gasteiger partial charge in [-0.05, 0) is 18.9 Å². The van der Waals surface area contributed by atoms with Crippen molar-refractivity contribution in [2.45, 2.75) is 23.1 Å². The number of nitrogens with one attached hydrogen (secondary N) is 1. The molecule has 0 atom stereocenters. The Bertz CT molecular complexity index is 834. The van der Waals surface area contributed by atoms with Gasteiger partial charge >= 0.3 is 0 Å². The fourth-order valence-electron chi connectivity index (χ4n) is 2.74. The van der Waals surface area contributed by atoms with Gasteiger partial charge in [0.2, 0.25) is 16.0 Å². The molecule has 1 amide bonds. The van der Waals surface area contributed by atoms with Gasteiger partial charge in [-0.3, -0.25) is 4.79 Å². The quantitative estimate of drug-likeness (QED) is 0.817. The Labute approximate surface area is 144 Å². The highest BCUT2D eigenvalue weighted by molar-refractivity contribution is 7.91. The average Bonchev–Trinajstić information content (AvgIpc) is 3.16. The number of sulfonamides is 1. The summed E-state index contributed by atoms with van der Waals surface area (Å²) < 4.78 is 24.5. The Hall–Kier alpha value is -1.91. The Balaban J connectivity index is 1.57. The van der Waals surface area contributed by atoms with E-state index in [2.05, 4.69) is 15.2 Å². The lowest BCUT2D eigenvalue weighted by Crippen LogP contribution is -2.45. The summed E-state index contributed by atoms with van der Waals surface area (Å²) in [6.07, 6.45) is 5.29. The normalized spacial score (nSPS) is 16.3. The van der Waals surface area contributed by atoms with Crippen LogP contribution in [0, 0.1) is 0 Å². The molecule has 1 fully saturated rings. The highest BCUT2D eigenvalue weighted by Crippen LogP contribution is 2.20. The molecule has 1 aliphatic heterocycles. The van der Waals surface area contributed by atoms with Gasteiger partial charge < -0.3 is 14.8 Å². The summed E-state index contributed by atoms with van der Waals surface area (Å²) in [7, 11) is -1.81. The maximum Gasteiger partial charge on any atom is 0.252 e. The third kappa shape index (κ3) is 3.60. The molecule has 0 unspecified atom stereocenters. The van der Waals surface area contributed by atoms with Gasteiger partial charge in [-0.25, -0.2) is 18.5 Å². The van der Waals surface area contributed by atoms with Crippen LogP contribution in [0.1, 0.15) is 23.2 Å². The third-order valence-corrected chi connectivity index (χ3v) is 6.41.